The molecule has 8 heteroatoms. The number of hydrogen-bond donors (Lipinski definition) is 1. The van der Waals surface area contributed by atoms with E-state index >= 15 is 0 Å². The van der Waals surface area contributed by atoms with Gasteiger partial charge in [0.1, 0.15) is 11.0 Å². The molecule has 2 aromatic rings. The van der Waals surface area contributed by atoms with Crippen LogP contribution in [0, 0.1) is 5.82 Å². The number of rotatable bonds is 3. The van der Waals surface area contributed by atoms with Crippen molar-refractivity contribution in [3.63, 3.8) is 0 Å². The van der Waals surface area contributed by atoms with Gasteiger partial charge in [0.15, 0.2) is 0 Å². The molecule has 0 radical (unpaired) electrons. The van der Waals surface area contributed by atoms with Gasteiger partial charge >= 0.3 is 0 Å². The summed E-state index contributed by atoms with van der Waals surface area (Å²) in [5, 5.41) is 0.0563. The Morgan fingerprint density at radius 3 is 2.65 bits per heavy atom. The van der Waals surface area contributed by atoms with E-state index in [0.717, 1.165) is 12.1 Å². The maximum Gasteiger partial charge on any atom is 0.265 e. The van der Waals surface area contributed by atoms with E-state index in [1.165, 1.54) is 30.5 Å². The average molecular weight is 315 g/mol. The van der Waals surface area contributed by atoms with Gasteiger partial charge in [-0.05, 0) is 30.3 Å². The molecule has 0 aliphatic carbocycles. The Bertz CT molecular complexity index is 765. The van der Waals surface area contributed by atoms with Crippen molar-refractivity contribution < 1.29 is 17.6 Å². The normalized spacial score (nSPS) is 11.1. The molecule has 104 valence electrons. The largest absolute Gasteiger partial charge is 0.268 e. The van der Waals surface area contributed by atoms with E-state index < -0.39 is 21.7 Å². The van der Waals surface area contributed by atoms with Crippen LogP contribution >= 0.6 is 11.6 Å². The molecule has 1 heterocycles. The maximum absolute atomic E-state index is 13.0. The third kappa shape index (κ3) is 3.31. The average Bonchev–Trinajstić information content (AvgIpc) is 2.38. The molecule has 0 aliphatic heterocycles. The van der Waals surface area contributed by atoms with Gasteiger partial charge in [0.25, 0.3) is 15.9 Å². The predicted molar refractivity (Wildman–Crippen MR) is 70.3 cm³/mol. The second-order valence-electron chi connectivity index (χ2n) is 3.76. The fourth-order valence-corrected chi connectivity index (χ4v) is 2.60. The predicted octanol–water partition coefficient (Wildman–Crippen LogP) is 1.99. The van der Waals surface area contributed by atoms with Gasteiger partial charge in [-0.25, -0.2) is 22.5 Å². The molecule has 0 saturated carbocycles. The van der Waals surface area contributed by atoms with Crippen molar-refractivity contribution in [1.29, 1.82) is 0 Å². The lowest BCUT2D eigenvalue weighted by molar-refractivity contribution is 0.0981. The third-order valence-corrected chi connectivity index (χ3v) is 3.86. The smallest absolute Gasteiger partial charge is 0.265 e. The van der Waals surface area contributed by atoms with Crippen molar-refractivity contribution >= 4 is 27.5 Å². The molecule has 20 heavy (non-hydrogen) atoms. The molecule has 1 aromatic carbocycles. The number of benzene rings is 1. The van der Waals surface area contributed by atoms with Gasteiger partial charge in [0.2, 0.25) is 0 Å². The molecular formula is C12H8ClFN2O3S. The van der Waals surface area contributed by atoms with Gasteiger partial charge in [-0.1, -0.05) is 17.7 Å². The van der Waals surface area contributed by atoms with E-state index in [2.05, 4.69) is 4.98 Å². The van der Waals surface area contributed by atoms with E-state index in [4.69, 9.17) is 11.6 Å². The van der Waals surface area contributed by atoms with Gasteiger partial charge < -0.3 is 0 Å². The first kappa shape index (κ1) is 14.4. The van der Waals surface area contributed by atoms with Gasteiger partial charge in [0, 0.05) is 11.8 Å². The molecule has 1 N–H and O–H groups in total. The van der Waals surface area contributed by atoms with E-state index in [1.54, 1.807) is 0 Å². The van der Waals surface area contributed by atoms with Crippen molar-refractivity contribution in [1.82, 2.24) is 9.71 Å². The van der Waals surface area contributed by atoms with Crippen molar-refractivity contribution in [3.8, 4) is 0 Å². The van der Waals surface area contributed by atoms with Crippen molar-refractivity contribution in [2.45, 2.75) is 4.90 Å². The Labute approximate surface area is 119 Å². The van der Waals surface area contributed by atoms with Crippen molar-refractivity contribution in [2.24, 2.45) is 0 Å². The summed E-state index contributed by atoms with van der Waals surface area (Å²) in [6.07, 6.45) is 1.27. The zero-order valence-electron chi connectivity index (χ0n) is 9.88. The zero-order valence-corrected chi connectivity index (χ0v) is 11.5. The van der Waals surface area contributed by atoms with Gasteiger partial charge in [-0.15, -0.1) is 0 Å². The second kappa shape index (κ2) is 5.56. The zero-order chi connectivity index (χ0) is 14.8. The molecule has 1 aromatic heterocycles. The first-order chi connectivity index (χ1) is 9.38. The van der Waals surface area contributed by atoms with Crippen molar-refractivity contribution in [3.05, 3.63) is 59.1 Å². The molecule has 0 bridgehead atoms. The monoisotopic (exact) mass is 314 g/mol. The highest BCUT2D eigenvalue weighted by molar-refractivity contribution is 7.90. The van der Waals surface area contributed by atoms with Crippen molar-refractivity contribution in [2.75, 3.05) is 0 Å². The van der Waals surface area contributed by atoms with Crippen LogP contribution in [-0.4, -0.2) is 19.3 Å². The Balaban J connectivity index is 2.27. The van der Waals surface area contributed by atoms with E-state index in [1.807, 2.05) is 4.72 Å². The Morgan fingerprint density at radius 2 is 2.00 bits per heavy atom. The lowest BCUT2D eigenvalue weighted by Gasteiger charge is -2.07. The molecule has 0 unspecified atom stereocenters. The Hall–Kier alpha value is -1.99. The number of aromatic nitrogens is 1. The lowest BCUT2D eigenvalue weighted by atomic mass is 10.3. The summed E-state index contributed by atoms with van der Waals surface area (Å²) in [5.41, 5.74) is 0.0324. The highest BCUT2D eigenvalue weighted by Gasteiger charge is 2.19. The van der Waals surface area contributed by atoms with Crippen LogP contribution in [0.1, 0.15) is 10.4 Å². The fraction of sp³-hybridized carbons (Fsp3) is 0. The highest BCUT2D eigenvalue weighted by Crippen LogP contribution is 2.12. The lowest BCUT2D eigenvalue weighted by Crippen LogP contribution is -2.30. The van der Waals surface area contributed by atoms with Crippen LogP contribution in [0.2, 0.25) is 5.15 Å². The summed E-state index contributed by atoms with van der Waals surface area (Å²) in [4.78, 5) is 15.1. The van der Waals surface area contributed by atoms with Crippen LogP contribution < -0.4 is 4.72 Å². The molecular weight excluding hydrogens is 307 g/mol. The number of halogens is 2. The number of amides is 1. The van der Waals surface area contributed by atoms with Crippen LogP contribution in [-0.2, 0) is 10.0 Å². The fourth-order valence-electron chi connectivity index (χ4n) is 1.42. The number of nitrogens with zero attached hydrogens (tertiary/aromatic N) is 1. The maximum atomic E-state index is 13.0. The molecule has 0 atom stereocenters. The second-order valence-corrected chi connectivity index (χ2v) is 5.83. The van der Waals surface area contributed by atoms with Gasteiger partial charge in [-0.2, -0.15) is 0 Å². The highest BCUT2D eigenvalue weighted by atomic mass is 35.5. The standard InChI is InChI=1S/C12H8ClFN2O3S/c13-11-6-8(4-5-15-11)12(17)16-20(18,19)10-3-1-2-9(14)7-10/h1-7H,(H,16,17). The number of hydrogen-bond acceptors (Lipinski definition) is 4. The van der Waals surface area contributed by atoms with Crippen LogP contribution in [0.3, 0.4) is 0 Å². The molecule has 0 fully saturated rings. The summed E-state index contributed by atoms with van der Waals surface area (Å²) in [7, 11) is -4.15. The first-order valence-corrected chi connectivity index (χ1v) is 7.19. The van der Waals surface area contributed by atoms with Gasteiger partial charge in [-0.3, -0.25) is 4.79 Å². The van der Waals surface area contributed by atoms with E-state index in [-0.39, 0.29) is 15.6 Å². The molecule has 0 aliphatic rings. The minimum absolute atomic E-state index is 0.0324. The van der Waals surface area contributed by atoms with Crippen LogP contribution in [0.4, 0.5) is 4.39 Å². The quantitative estimate of drug-likeness (QED) is 0.879. The number of carbonyl (C=O) groups is 1. The molecule has 0 spiro atoms. The molecule has 5 nitrogen and oxygen atoms in total. The summed E-state index contributed by atoms with van der Waals surface area (Å²) in [6, 6.07) is 6.86. The Morgan fingerprint density at radius 1 is 1.25 bits per heavy atom. The Kier molecular flexibility index (Phi) is 4.01. The molecule has 1 amide bonds. The minimum Gasteiger partial charge on any atom is -0.268 e. The third-order valence-electron chi connectivity index (χ3n) is 2.32. The van der Waals surface area contributed by atoms with Crippen LogP contribution in [0.5, 0.6) is 0 Å². The van der Waals surface area contributed by atoms with Crippen LogP contribution in [0.15, 0.2) is 47.5 Å². The van der Waals surface area contributed by atoms with Gasteiger partial charge in [0.05, 0.1) is 4.90 Å². The van der Waals surface area contributed by atoms with E-state index in [0.29, 0.717) is 0 Å². The number of carbonyl (C=O) groups excluding carboxylic acids is 1. The summed E-state index contributed by atoms with van der Waals surface area (Å²) in [5.74, 6) is -1.59. The van der Waals surface area contributed by atoms with Crippen LogP contribution in [0.25, 0.3) is 0 Å². The minimum atomic E-state index is -4.15. The number of nitrogens with one attached hydrogen (secondary N) is 1. The molecule has 0 saturated heterocycles. The number of sulfonamides is 1. The number of pyridine rings is 1. The summed E-state index contributed by atoms with van der Waals surface area (Å²) in [6.45, 7) is 0. The SMILES string of the molecule is O=C(NS(=O)(=O)c1cccc(F)c1)c1ccnc(Cl)c1. The van der Waals surface area contributed by atoms with E-state index in [9.17, 15) is 17.6 Å². The first-order valence-electron chi connectivity index (χ1n) is 5.33. The summed E-state index contributed by atoms with van der Waals surface area (Å²) >= 11 is 5.61. The summed E-state index contributed by atoms with van der Waals surface area (Å²) < 4.78 is 38.6. The topological polar surface area (TPSA) is 76.1 Å². The molecule has 2 rings (SSSR count).